The number of carbonyl (C=O) groups is 2. The van der Waals surface area contributed by atoms with Crippen LogP contribution in [0.4, 0.5) is 11.4 Å². The van der Waals surface area contributed by atoms with Gasteiger partial charge in [-0.1, -0.05) is 0 Å². The maximum absolute atomic E-state index is 11.9. The van der Waals surface area contributed by atoms with Gasteiger partial charge in [-0.15, -0.1) is 0 Å². The number of benzene rings is 1. The normalized spacial score (nSPS) is 14.9. The van der Waals surface area contributed by atoms with Gasteiger partial charge in [0, 0.05) is 31.1 Å². The summed E-state index contributed by atoms with van der Waals surface area (Å²) >= 11 is 0. The number of hydrogen-bond acceptors (Lipinski definition) is 5. The zero-order valence-corrected chi connectivity index (χ0v) is 11.8. The summed E-state index contributed by atoms with van der Waals surface area (Å²) in [7, 11) is 0. The van der Waals surface area contributed by atoms with Crippen molar-refractivity contribution in [1.82, 2.24) is 5.32 Å². The number of piperidine rings is 1. The minimum absolute atomic E-state index is 0.0546. The molecule has 0 radical (unpaired) electrons. The Kier molecular flexibility index (Phi) is 4.52. The molecule has 7 heteroatoms. The van der Waals surface area contributed by atoms with Crippen LogP contribution in [0.5, 0.6) is 0 Å². The van der Waals surface area contributed by atoms with Crippen LogP contribution in [0.3, 0.4) is 0 Å². The van der Waals surface area contributed by atoms with E-state index in [0.29, 0.717) is 37.2 Å². The van der Waals surface area contributed by atoms with Gasteiger partial charge in [-0.05, 0) is 25.5 Å². The van der Waals surface area contributed by atoms with Crippen LogP contribution in [0.15, 0.2) is 18.2 Å². The molecule has 2 rings (SSSR count). The fourth-order valence-corrected chi connectivity index (χ4v) is 2.38. The molecule has 0 saturated carbocycles. The van der Waals surface area contributed by atoms with Crippen molar-refractivity contribution in [2.45, 2.75) is 19.8 Å². The van der Waals surface area contributed by atoms with Gasteiger partial charge in [-0.2, -0.15) is 0 Å². The highest BCUT2D eigenvalue weighted by molar-refractivity contribution is 5.96. The largest absolute Gasteiger partial charge is 0.359 e. The molecule has 21 heavy (non-hydrogen) atoms. The molecule has 7 nitrogen and oxygen atoms in total. The molecule has 0 atom stereocenters. The summed E-state index contributed by atoms with van der Waals surface area (Å²) < 4.78 is 0. The van der Waals surface area contributed by atoms with Crippen molar-refractivity contribution in [1.29, 1.82) is 0 Å². The molecule has 1 aromatic carbocycles. The molecule has 112 valence electrons. The van der Waals surface area contributed by atoms with E-state index in [1.165, 1.54) is 18.2 Å². The number of anilines is 1. The number of hydrogen-bond donors (Lipinski definition) is 1. The molecule has 1 amide bonds. The highest BCUT2D eigenvalue weighted by atomic mass is 16.6. The standard InChI is InChI=1S/C14H17N3O4/c1-2-15-14(19)10-5-6-12(17(20)21)13(8-10)16-7-3-4-11(18)9-16/h5-6,8H,2-4,7,9H2,1H3,(H,15,19). The smallest absolute Gasteiger partial charge is 0.292 e. The Morgan fingerprint density at radius 2 is 2.24 bits per heavy atom. The van der Waals surface area contributed by atoms with Crippen molar-refractivity contribution in [3.05, 3.63) is 33.9 Å². The van der Waals surface area contributed by atoms with Gasteiger partial charge in [-0.25, -0.2) is 0 Å². The van der Waals surface area contributed by atoms with E-state index < -0.39 is 4.92 Å². The lowest BCUT2D eigenvalue weighted by atomic mass is 10.1. The van der Waals surface area contributed by atoms with Gasteiger partial charge in [-0.3, -0.25) is 19.7 Å². The van der Waals surface area contributed by atoms with Crippen molar-refractivity contribution >= 4 is 23.1 Å². The summed E-state index contributed by atoms with van der Waals surface area (Å²) in [6, 6.07) is 4.24. The molecule has 1 heterocycles. The predicted molar refractivity (Wildman–Crippen MR) is 77.6 cm³/mol. The first-order chi connectivity index (χ1) is 10.0. The molecule has 1 fully saturated rings. The highest BCUT2D eigenvalue weighted by Gasteiger charge is 2.25. The molecule has 1 aromatic rings. The number of nitrogens with zero attached hydrogens (tertiary/aromatic N) is 2. The number of Topliss-reactive ketones (excluding diaryl/α,β-unsaturated/α-hetero) is 1. The average Bonchev–Trinajstić information content (AvgIpc) is 2.46. The highest BCUT2D eigenvalue weighted by Crippen LogP contribution is 2.30. The molecule has 0 aromatic heterocycles. The molecule has 0 bridgehead atoms. The predicted octanol–water partition coefficient (Wildman–Crippen LogP) is 1.51. The van der Waals surface area contributed by atoms with Crippen LogP contribution >= 0.6 is 0 Å². The third kappa shape index (κ3) is 3.36. The van der Waals surface area contributed by atoms with Crippen molar-refractivity contribution in [2.75, 3.05) is 24.5 Å². The van der Waals surface area contributed by atoms with Crippen LogP contribution < -0.4 is 10.2 Å². The van der Waals surface area contributed by atoms with Gasteiger partial charge in [0.05, 0.1) is 11.5 Å². The second kappa shape index (κ2) is 6.34. The minimum Gasteiger partial charge on any atom is -0.359 e. The summed E-state index contributed by atoms with van der Waals surface area (Å²) in [6.45, 7) is 3.01. The number of nitro groups is 1. The Morgan fingerprint density at radius 3 is 2.86 bits per heavy atom. The fourth-order valence-electron chi connectivity index (χ4n) is 2.38. The molecule has 1 saturated heterocycles. The Bertz CT molecular complexity index is 586. The SMILES string of the molecule is CCNC(=O)c1ccc([N+](=O)[O-])c(N2CCCC(=O)C2)c1. The van der Waals surface area contributed by atoms with Crippen LogP contribution in [0.2, 0.25) is 0 Å². The molecule has 1 N–H and O–H groups in total. The van der Waals surface area contributed by atoms with Gasteiger partial charge in [0.1, 0.15) is 5.69 Å². The zero-order valence-electron chi connectivity index (χ0n) is 11.8. The zero-order chi connectivity index (χ0) is 15.4. The third-order valence-corrected chi connectivity index (χ3v) is 3.36. The maximum atomic E-state index is 11.9. The van der Waals surface area contributed by atoms with Crippen LogP contribution in [-0.2, 0) is 4.79 Å². The van der Waals surface area contributed by atoms with E-state index in [0.717, 1.165) is 0 Å². The second-order valence-corrected chi connectivity index (χ2v) is 4.88. The molecule has 0 aliphatic carbocycles. The monoisotopic (exact) mass is 291 g/mol. The van der Waals surface area contributed by atoms with Crippen LogP contribution in [0, 0.1) is 10.1 Å². The van der Waals surface area contributed by atoms with Crippen molar-refractivity contribution < 1.29 is 14.5 Å². The number of rotatable bonds is 4. The summed E-state index contributed by atoms with van der Waals surface area (Å²) in [5.41, 5.74) is 0.602. The molecular formula is C14H17N3O4. The van der Waals surface area contributed by atoms with E-state index in [9.17, 15) is 19.7 Å². The van der Waals surface area contributed by atoms with Crippen LogP contribution in [-0.4, -0.2) is 36.2 Å². The van der Waals surface area contributed by atoms with Crippen molar-refractivity contribution in [2.24, 2.45) is 0 Å². The quantitative estimate of drug-likeness (QED) is 0.670. The van der Waals surface area contributed by atoms with Gasteiger partial charge in [0.15, 0.2) is 5.78 Å². The molecular weight excluding hydrogens is 274 g/mol. The van der Waals surface area contributed by atoms with Gasteiger partial charge in [0.2, 0.25) is 0 Å². The van der Waals surface area contributed by atoms with E-state index >= 15 is 0 Å². The minimum atomic E-state index is -0.490. The second-order valence-electron chi connectivity index (χ2n) is 4.88. The van der Waals surface area contributed by atoms with Gasteiger partial charge in [0.25, 0.3) is 11.6 Å². The maximum Gasteiger partial charge on any atom is 0.292 e. The lowest BCUT2D eigenvalue weighted by molar-refractivity contribution is -0.384. The van der Waals surface area contributed by atoms with E-state index in [1.807, 2.05) is 0 Å². The molecule has 0 spiro atoms. The topological polar surface area (TPSA) is 92.5 Å². The van der Waals surface area contributed by atoms with E-state index in [2.05, 4.69) is 5.32 Å². The first-order valence-electron chi connectivity index (χ1n) is 6.86. The molecule has 1 aliphatic heterocycles. The average molecular weight is 291 g/mol. The Morgan fingerprint density at radius 1 is 1.48 bits per heavy atom. The van der Waals surface area contributed by atoms with Crippen molar-refractivity contribution in [3.8, 4) is 0 Å². The third-order valence-electron chi connectivity index (χ3n) is 3.36. The first-order valence-corrected chi connectivity index (χ1v) is 6.86. The van der Waals surface area contributed by atoms with Gasteiger partial charge >= 0.3 is 0 Å². The number of ketones is 1. The van der Waals surface area contributed by atoms with Crippen molar-refractivity contribution in [3.63, 3.8) is 0 Å². The van der Waals surface area contributed by atoms with Crippen LogP contribution in [0.25, 0.3) is 0 Å². The number of nitrogens with one attached hydrogen (secondary N) is 1. The van der Waals surface area contributed by atoms with E-state index in [1.54, 1.807) is 11.8 Å². The summed E-state index contributed by atoms with van der Waals surface area (Å²) in [5, 5.41) is 13.8. The Balaban J connectivity index is 2.39. The number of amides is 1. The molecule has 0 unspecified atom stereocenters. The lowest BCUT2D eigenvalue weighted by Crippen LogP contribution is -2.36. The number of carbonyl (C=O) groups excluding carboxylic acids is 2. The van der Waals surface area contributed by atoms with E-state index in [-0.39, 0.29) is 23.9 Å². The van der Waals surface area contributed by atoms with E-state index in [4.69, 9.17) is 0 Å². The lowest BCUT2D eigenvalue weighted by Gasteiger charge is -2.27. The first kappa shape index (κ1) is 15.0. The van der Waals surface area contributed by atoms with Crippen LogP contribution in [0.1, 0.15) is 30.1 Å². The Labute approximate surface area is 122 Å². The summed E-state index contributed by atoms with van der Waals surface area (Å²) in [6.07, 6.45) is 1.17. The van der Waals surface area contributed by atoms with Gasteiger partial charge < -0.3 is 10.2 Å². The number of nitro benzene ring substituents is 1. The summed E-state index contributed by atoms with van der Waals surface area (Å²) in [4.78, 5) is 35.7. The fraction of sp³-hybridized carbons (Fsp3) is 0.429. The summed E-state index contributed by atoms with van der Waals surface area (Å²) in [5.74, 6) is -0.226. The molecule has 1 aliphatic rings. The Hall–Kier alpha value is -2.44.